The summed E-state index contributed by atoms with van der Waals surface area (Å²) in [7, 11) is 1.33. The van der Waals surface area contributed by atoms with Crippen molar-refractivity contribution < 1.29 is 23.8 Å². The second-order valence-electron chi connectivity index (χ2n) is 5.69. The highest BCUT2D eigenvalue weighted by Crippen LogP contribution is 2.30. The Kier molecular flexibility index (Phi) is 5.53. The first-order chi connectivity index (χ1) is 12.7. The minimum absolute atomic E-state index is 0.232. The van der Waals surface area contributed by atoms with Crippen molar-refractivity contribution in [3.05, 3.63) is 65.7 Å². The van der Waals surface area contributed by atoms with E-state index in [9.17, 15) is 9.59 Å². The van der Waals surface area contributed by atoms with Gasteiger partial charge in [-0.25, -0.2) is 4.79 Å². The molecule has 6 heteroatoms. The Morgan fingerprint density at radius 3 is 2.62 bits per heavy atom. The topological polar surface area (TPSA) is 73.9 Å². The number of ether oxygens (including phenoxy) is 3. The summed E-state index contributed by atoms with van der Waals surface area (Å²) in [5.74, 6) is 0.767. The third-order valence-electron chi connectivity index (χ3n) is 3.83. The van der Waals surface area contributed by atoms with E-state index in [4.69, 9.17) is 9.47 Å². The maximum atomic E-state index is 12.0. The van der Waals surface area contributed by atoms with Crippen LogP contribution in [-0.4, -0.2) is 38.2 Å². The summed E-state index contributed by atoms with van der Waals surface area (Å²) in [6.45, 7) is 0.731. The van der Waals surface area contributed by atoms with Gasteiger partial charge >= 0.3 is 5.97 Å². The quantitative estimate of drug-likeness (QED) is 0.660. The van der Waals surface area contributed by atoms with Gasteiger partial charge in [0.1, 0.15) is 12.7 Å². The molecule has 0 spiro atoms. The van der Waals surface area contributed by atoms with Crippen LogP contribution in [-0.2, 0) is 9.53 Å². The van der Waals surface area contributed by atoms with Gasteiger partial charge in [-0.3, -0.25) is 4.79 Å². The third-order valence-corrected chi connectivity index (χ3v) is 3.83. The van der Waals surface area contributed by atoms with Crippen LogP contribution in [0.15, 0.2) is 54.6 Å². The molecule has 26 heavy (non-hydrogen) atoms. The molecule has 0 aliphatic carbocycles. The Bertz CT molecular complexity index is 813. The fourth-order valence-electron chi connectivity index (χ4n) is 2.46. The number of benzene rings is 2. The Labute approximate surface area is 151 Å². The van der Waals surface area contributed by atoms with Crippen LogP contribution in [0.2, 0.25) is 0 Å². The zero-order valence-corrected chi connectivity index (χ0v) is 14.3. The first-order valence-corrected chi connectivity index (χ1v) is 8.18. The predicted octanol–water partition coefficient (Wildman–Crippen LogP) is 2.44. The molecule has 0 saturated carbocycles. The van der Waals surface area contributed by atoms with Gasteiger partial charge in [0.2, 0.25) is 5.91 Å². The van der Waals surface area contributed by atoms with E-state index in [0.717, 1.165) is 5.56 Å². The lowest BCUT2D eigenvalue weighted by Crippen LogP contribution is -2.40. The summed E-state index contributed by atoms with van der Waals surface area (Å²) in [6, 6.07) is 14.2. The van der Waals surface area contributed by atoms with Gasteiger partial charge in [0.05, 0.1) is 19.2 Å². The lowest BCUT2D eigenvalue weighted by Gasteiger charge is -2.26. The molecule has 1 aliphatic rings. The number of amides is 1. The maximum Gasteiger partial charge on any atom is 0.337 e. The van der Waals surface area contributed by atoms with Crippen molar-refractivity contribution >= 4 is 18.0 Å². The minimum Gasteiger partial charge on any atom is -0.486 e. The Balaban J connectivity index is 1.48. The van der Waals surface area contributed by atoms with Crippen LogP contribution in [0.1, 0.15) is 15.9 Å². The average molecular weight is 353 g/mol. The monoisotopic (exact) mass is 353 g/mol. The number of hydrogen-bond donors (Lipinski definition) is 1. The van der Waals surface area contributed by atoms with Crippen LogP contribution in [0.5, 0.6) is 11.5 Å². The van der Waals surface area contributed by atoms with Crippen LogP contribution >= 0.6 is 0 Å². The molecule has 3 rings (SSSR count). The van der Waals surface area contributed by atoms with Crippen molar-refractivity contribution in [2.24, 2.45) is 0 Å². The molecule has 0 radical (unpaired) electrons. The van der Waals surface area contributed by atoms with E-state index < -0.39 is 5.97 Å². The first-order valence-electron chi connectivity index (χ1n) is 8.18. The van der Waals surface area contributed by atoms with Gasteiger partial charge in [-0.1, -0.05) is 24.3 Å². The molecule has 134 valence electrons. The molecule has 0 fully saturated rings. The molecule has 1 atom stereocenters. The van der Waals surface area contributed by atoms with E-state index in [1.165, 1.54) is 13.2 Å². The molecule has 2 aromatic rings. The summed E-state index contributed by atoms with van der Waals surface area (Å²) >= 11 is 0. The van der Waals surface area contributed by atoms with E-state index in [1.807, 2.05) is 24.3 Å². The smallest absolute Gasteiger partial charge is 0.337 e. The standard InChI is InChI=1S/C20H19NO5/c1-24-20(23)15-9-6-14(7-10-15)8-11-19(22)21-12-16-13-25-17-4-2-3-5-18(17)26-16/h2-11,16H,12-13H2,1H3,(H,21,22). The SMILES string of the molecule is COC(=O)c1ccc(C=CC(=O)NCC2COc3ccccc3O2)cc1. The van der Waals surface area contributed by atoms with Crippen molar-refractivity contribution in [1.29, 1.82) is 0 Å². The molecule has 1 unspecified atom stereocenters. The summed E-state index contributed by atoms with van der Waals surface area (Å²) < 4.78 is 16.0. The van der Waals surface area contributed by atoms with Crippen molar-refractivity contribution in [3.8, 4) is 11.5 Å². The molecular formula is C20H19NO5. The Hall–Kier alpha value is -3.28. The Morgan fingerprint density at radius 1 is 1.15 bits per heavy atom. The number of rotatable bonds is 5. The molecule has 1 N–H and O–H groups in total. The highest BCUT2D eigenvalue weighted by atomic mass is 16.6. The summed E-state index contributed by atoms with van der Waals surface area (Å²) in [6.07, 6.45) is 2.87. The van der Waals surface area contributed by atoms with Gasteiger partial charge in [-0.05, 0) is 35.9 Å². The van der Waals surface area contributed by atoms with Crippen molar-refractivity contribution in [2.75, 3.05) is 20.3 Å². The lowest BCUT2D eigenvalue weighted by molar-refractivity contribution is -0.116. The second kappa shape index (κ2) is 8.20. The number of nitrogens with one attached hydrogen (secondary N) is 1. The van der Waals surface area contributed by atoms with E-state index in [2.05, 4.69) is 10.1 Å². The van der Waals surface area contributed by atoms with Crippen molar-refractivity contribution in [3.63, 3.8) is 0 Å². The first kappa shape index (κ1) is 17.5. The second-order valence-corrected chi connectivity index (χ2v) is 5.69. The number of hydrogen-bond acceptors (Lipinski definition) is 5. The molecule has 6 nitrogen and oxygen atoms in total. The summed E-state index contributed by atoms with van der Waals surface area (Å²) in [5.41, 5.74) is 1.27. The van der Waals surface area contributed by atoms with E-state index >= 15 is 0 Å². The van der Waals surface area contributed by atoms with Crippen LogP contribution in [0, 0.1) is 0 Å². The zero-order chi connectivity index (χ0) is 18.4. The third kappa shape index (κ3) is 4.42. The zero-order valence-electron chi connectivity index (χ0n) is 14.3. The number of methoxy groups -OCH3 is 1. The largest absolute Gasteiger partial charge is 0.486 e. The van der Waals surface area contributed by atoms with Crippen LogP contribution in [0.25, 0.3) is 6.08 Å². The fourth-order valence-corrected chi connectivity index (χ4v) is 2.46. The van der Waals surface area contributed by atoms with Crippen LogP contribution < -0.4 is 14.8 Å². The molecule has 2 aromatic carbocycles. The van der Waals surface area contributed by atoms with Gasteiger partial charge in [-0.2, -0.15) is 0 Å². The number of carbonyl (C=O) groups is 2. The summed E-state index contributed by atoms with van der Waals surface area (Å²) in [4.78, 5) is 23.3. The van der Waals surface area contributed by atoms with Gasteiger partial charge < -0.3 is 19.5 Å². The van der Waals surface area contributed by atoms with Crippen molar-refractivity contribution in [1.82, 2.24) is 5.32 Å². The van der Waals surface area contributed by atoms with E-state index in [0.29, 0.717) is 30.2 Å². The molecule has 0 aromatic heterocycles. The predicted molar refractivity (Wildman–Crippen MR) is 96.2 cm³/mol. The molecular weight excluding hydrogens is 334 g/mol. The normalized spacial score (nSPS) is 15.5. The van der Waals surface area contributed by atoms with E-state index in [1.54, 1.807) is 30.3 Å². The maximum absolute atomic E-state index is 12.0. The van der Waals surface area contributed by atoms with Crippen LogP contribution in [0.4, 0.5) is 0 Å². The van der Waals surface area contributed by atoms with Gasteiger partial charge in [0, 0.05) is 6.08 Å². The number of esters is 1. The molecule has 0 saturated heterocycles. The average Bonchev–Trinajstić information content (AvgIpc) is 2.70. The van der Waals surface area contributed by atoms with E-state index in [-0.39, 0.29) is 12.0 Å². The molecule has 1 amide bonds. The number of para-hydroxylation sites is 2. The minimum atomic E-state index is -0.394. The lowest BCUT2D eigenvalue weighted by atomic mass is 10.1. The molecule has 1 aliphatic heterocycles. The summed E-state index contributed by atoms with van der Waals surface area (Å²) in [5, 5.41) is 2.79. The van der Waals surface area contributed by atoms with Gasteiger partial charge in [-0.15, -0.1) is 0 Å². The highest BCUT2D eigenvalue weighted by Gasteiger charge is 2.20. The molecule has 0 bridgehead atoms. The molecule has 1 heterocycles. The number of carbonyl (C=O) groups excluding carboxylic acids is 2. The fraction of sp³-hybridized carbons (Fsp3) is 0.200. The highest BCUT2D eigenvalue weighted by molar-refractivity contribution is 5.92. The van der Waals surface area contributed by atoms with Crippen LogP contribution in [0.3, 0.4) is 0 Å². The van der Waals surface area contributed by atoms with Crippen molar-refractivity contribution in [2.45, 2.75) is 6.10 Å². The Morgan fingerprint density at radius 2 is 1.88 bits per heavy atom. The number of fused-ring (bicyclic) bond motifs is 1. The van der Waals surface area contributed by atoms with Gasteiger partial charge in [0.15, 0.2) is 11.5 Å². The van der Waals surface area contributed by atoms with Gasteiger partial charge in [0.25, 0.3) is 0 Å².